The molecule has 0 amide bonds. The van der Waals surface area contributed by atoms with Gasteiger partial charge in [0.15, 0.2) is 0 Å². The van der Waals surface area contributed by atoms with E-state index in [-0.39, 0.29) is 17.9 Å². The van der Waals surface area contributed by atoms with Gasteiger partial charge in [-0.3, -0.25) is 9.45 Å². The van der Waals surface area contributed by atoms with E-state index < -0.39 is 27.2 Å². The summed E-state index contributed by atoms with van der Waals surface area (Å²) in [4.78, 5) is 12.8. The molecule has 118 valence electrons. The molecule has 0 rings (SSSR count). The average Bonchev–Trinajstić information content (AvgIpc) is 2.25. The lowest BCUT2D eigenvalue weighted by atomic mass is 10.0. The van der Waals surface area contributed by atoms with E-state index in [1.165, 1.54) is 21.0 Å². The summed E-state index contributed by atoms with van der Waals surface area (Å²) >= 11 is 0. The second-order valence-electron chi connectivity index (χ2n) is 5.36. The van der Waals surface area contributed by atoms with E-state index >= 15 is 0 Å². The van der Waals surface area contributed by atoms with Crippen molar-refractivity contribution in [2.45, 2.75) is 38.3 Å². The molecular formula is C12H24N2O5S. The number of nitrogens with two attached hydrogens (primary N) is 1. The highest BCUT2D eigenvalue weighted by atomic mass is 32.2. The Morgan fingerprint density at radius 2 is 1.90 bits per heavy atom. The molecule has 0 spiro atoms. The van der Waals surface area contributed by atoms with Crippen LogP contribution >= 0.6 is 0 Å². The number of rotatable bonds is 7. The molecule has 0 aliphatic rings. The minimum atomic E-state index is -4.72. The van der Waals surface area contributed by atoms with Crippen molar-refractivity contribution in [2.75, 3.05) is 14.1 Å². The molecule has 0 fully saturated rings. The van der Waals surface area contributed by atoms with Gasteiger partial charge in [-0.15, -0.1) is 0 Å². The lowest BCUT2D eigenvalue weighted by Crippen LogP contribution is -2.57. The molecule has 0 aliphatic carbocycles. The summed E-state index contributed by atoms with van der Waals surface area (Å²) < 4.78 is 38.1. The van der Waals surface area contributed by atoms with Gasteiger partial charge in [0.2, 0.25) is 0 Å². The van der Waals surface area contributed by atoms with Gasteiger partial charge in [-0.05, 0) is 26.9 Å². The molecule has 0 saturated carbocycles. The van der Waals surface area contributed by atoms with E-state index in [1.807, 2.05) is 0 Å². The molecule has 8 heteroatoms. The SMILES string of the molecule is C=C(C)C(=O)OC(CC(N)C(C)C)(N(C)C)S(=O)(=O)O. The maximum absolute atomic E-state index is 11.8. The van der Waals surface area contributed by atoms with Gasteiger partial charge in [0.1, 0.15) is 0 Å². The van der Waals surface area contributed by atoms with Crippen LogP contribution in [0.4, 0.5) is 0 Å². The molecule has 0 aromatic carbocycles. The highest BCUT2D eigenvalue weighted by Crippen LogP contribution is 2.29. The van der Waals surface area contributed by atoms with E-state index in [4.69, 9.17) is 10.5 Å². The van der Waals surface area contributed by atoms with Crippen molar-refractivity contribution in [3.8, 4) is 0 Å². The monoisotopic (exact) mass is 308 g/mol. The summed E-state index contributed by atoms with van der Waals surface area (Å²) in [7, 11) is -1.96. The summed E-state index contributed by atoms with van der Waals surface area (Å²) in [6.07, 6.45) is -0.254. The van der Waals surface area contributed by atoms with Crippen LogP contribution in [0.1, 0.15) is 27.2 Å². The lowest BCUT2D eigenvalue weighted by molar-refractivity contribution is -0.161. The smallest absolute Gasteiger partial charge is 0.335 e. The third-order valence-electron chi connectivity index (χ3n) is 3.04. The van der Waals surface area contributed by atoms with Crippen LogP contribution in [-0.4, -0.2) is 49.0 Å². The third-order valence-corrected chi connectivity index (χ3v) is 4.46. The molecule has 0 heterocycles. The Bertz CT molecular complexity index is 472. The molecule has 0 aliphatic heterocycles. The topological polar surface area (TPSA) is 110 Å². The van der Waals surface area contributed by atoms with Crippen LogP contribution in [-0.2, 0) is 19.6 Å². The Kier molecular flexibility index (Phi) is 6.34. The molecule has 0 saturated heterocycles. The summed E-state index contributed by atoms with van der Waals surface area (Å²) in [5, 5.41) is -2.23. The molecule has 20 heavy (non-hydrogen) atoms. The van der Waals surface area contributed by atoms with Gasteiger partial charge in [0.05, 0.1) is 0 Å². The summed E-state index contributed by atoms with van der Waals surface area (Å²) in [6.45, 7) is 8.38. The van der Waals surface area contributed by atoms with Crippen LogP contribution in [0.2, 0.25) is 0 Å². The van der Waals surface area contributed by atoms with Gasteiger partial charge >= 0.3 is 16.1 Å². The van der Waals surface area contributed by atoms with Crippen LogP contribution in [0.15, 0.2) is 12.2 Å². The van der Waals surface area contributed by atoms with E-state index in [1.54, 1.807) is 13.8 Å². The van der Waals surface area contributed by atoms with Crippen molar-refractivity contribution in [3.05, 3.63) is 12.2 Å². The second kappa shape index (κ2) is 6.66. The van der Waals surface area contributed by atoms with Gasteiger partial charge in [0, 0.05) is 18.0 Å². The fourth-order valence-electron chi connectivity index (χ4n) is 1.47. The predicted molar refractivity (Wildman–Crippen MR) is 76.3 cm³/mol. The van der Waals surface area contributed by atoms with Gasteiger partial charge in [-0.1, -0.05) is 20.4 Å². The number of hydrogen-bond acceptors (Lipinski definition) is 6. The van der Waals surface area contributed by atoms with Crippen molar-refractivity contribution >= 4 is 16.1 Å². The van der Waals surface area contributed by atoms with Gasteiger partial charge < -0.3 is 10.5 Å². The Balaban J connectivity index is 5.74. The fourth-order valence-corrected chi connectivity index (χ4v) is 2.52. The van der Waals surface area contributed by atoms with Crippen LogP contribution < -0.4 is 5.73 Å². The lowest BCUT2D eigenvalue weighted by Gasteiger charge is -2.38. The minimum Gasteiger partial charge on any atom is -0.423 e. The normalized spacial score (nSPS) is 16.9. The molecule has 0 bridgehead atoms. The first kappa shape index (κ1) is 19.0. The number of esters is 1. The molecule has 2 atom stereocenters. The average molecular weight is 308 g/mol. The van der Waals surface area contributed by atoms with Gasteiger partial charge in [-0.25, -0.2) is 4.79 Å². The zero-order chi connectivity index (χ0) is 16.3. The number of ether oxygens (including phenoxy) is 1. The number of nitrogens with zero attached hydrogens (tertiary/aromatic N) is 1. The minimum absolute atomic E-state index is 0.0259. The highest BCUT2D eigenvalue weighted by Gasteiger charge is 2.51. The van der Waals surface area contributed by atoms with E-state index in [0.717, 1.165) is 4.90 Å². The first-order valence-corrected chi connectivity index (χ1v) is 7.58. The summed E-state index contributed by atoms with van der Waals surface area (Å²) in [6, 6.07) is -0.586. The molecule has 0 aromatic heterocycles. The van der Waals surface area contributed by atoms with Crippen molar-refractivity contribution < 1.29 is 22.5 Å². The second-order valence-corrected chi connectivity index (χ2v) is 6.95. The Morgan fingerprint density at radius 1 is 1.45 bits per heavy atom. The zero-order valence-corrected chi connectivity index (χ0v) is 13.4. The largest absolute Gasteiger partial charge is 0.423 e. The standard InChI is InChI=1S/C12H24N2O5S/c1-8(2)10(13)7-12(14(5)6,20(16,17)18)19-11(15)9(3)4/h8,10H,3,7,13H2,1-2,4-6H3,(H,16,17,18). The fraction of sp³-hybridized carbons (Fsp3) is 0.750. The van der Waals surface area contributed by atoms with E-state index in [0.29, 0.717) is 0 Å². The van der Waals surface area contributed by atoms with E-state index in [2.05, 4.69) is 6.58 Å². The zero-order valence-electron chi connectivity index (χ0n) is 12.6. The number of carbonyl (C=O) groups is 1. The first-order chi connectivity index (χ1) is 8.85. The van der Waals surface area contributed by atoms with Crippen LogP contribution in [0.5, 0.6) is 0 Å². The summed E-state index contributed by atoms with van der Waals surface area (Å²) in [5.41, 5.74) is 5.90. The molecular weight excluding hydrogens is 284 g/mol. The Hall–Kier alpha value is -0.960. The molecule has 0 aromatic rings. The first-order valence-electron chi connectivity index (χ1n) is 6.14. The van der Waals surface area contributed by atoms with Crippen LogP contribution in [0.3, 0.4) is 0 Å². The molecule has 0 radical (unpaired) electrons. The highest BCUT2D eigenvalue weighted by molar-refractivity contribution is 7.87. The maximum Gasteiger partial charge on any atom is 0.335 e. The molecule has 7 nitrogen and oxygen atoms in total. The van der Waals surface area contributed by atoms with Crippen molar-refractivity contribution in [3.63, 3.8) is 0 Å². The number of hydrogen-bond donors (Lipinski definition) is 2. The third kappa shape index (κ3) is 4.27. The molecule has 2 unspecified atom stereocenters. The van der Waals surface area contributed by atoms with Crippen molar-refractivity contribution in [1.82, 2.24) is 4.90 Å². The van der Waals surface area contributed by atoms with Crippen LogP contribution in [0, 0.1) is 5.92 Å². The van der Waals surface area contributed by atoms with E-state index in [9.17, 15) is 17.8 Å². The summed E-state index contributed by atoms with van der Waals surface area (Å²) in [5.74, 6) is -0.966. The quantitative estimate of drug-likeness (QED) is 0.306. The maximum atomic E-state index is 11.8. The van der Waals surface area contributed by atoms with Gasteiger partial charge in [-0.2, -0.15) is 8.42 Å². The van der Waals surface area contributed by atoms with Crippen molar-refractivity contribution in [1.29, 1.82) is 0 Å². The van der Waals surface area contributed by atoms with Crippen molar-refractivity contribution in [2.24, 2.45) is 11.7 Å². The Morgan fingerprint density at radius 3 is 2.15 bits per heavy atom. The number of carbonyl (C=O) groups excluding carboxylic acids is 1. The van der Waals surface area contributed by atoms with Crippen LogP contribution in [0.25, 0.3) is 0 Å². The van der Waals surface area contributed by atoms with Gasteiger partial charge in [0.25, 0.3) is 5.06 Å². The molecule has 3 N–H and O–H groups in total. The Labute approximate surface area is 120 Å². The predicted octanol–water partition coefficient (Wildman–Crippen LogP) is 0.582.